The van der Waals surface area contributed by atoms with Crippen LogP contribution in [-0.2, 0) is 6.42 Å². The Morgan fingerprint density at radius 1 is 1.05 bits per heavy atom. The van der Waals surface area contributed by atoms with Crippen LogP contribution in [0.4, 0.5) is 0 Å². The summed E-state index contributed by atoms with van der Waals surface area (Å²) in [6.07, 6.45) is 0.984. The minimum atomic E-state index is 0.111. The number of benzene rings is 2. The van der Waals surface area contributed by atoms with Gasteiger partial charge in [-0.15, -0.1) is 0 Å². The molecule has 2 rings (SSSR count). The Kier molecular flexibility index (Phi) is 5.07. The van der Waals surface area contributed by atoms with Crippen molar-refractivity contribution in [1.82, 2.24) is 0 Å². The summed E-state index contributed by atoms with van der Waals surface area (Å²) in [6, 6.07) is 14.5. The van der Waals surface area contributed by atoms with Gasteiger partial charge in [-0.25, -0.2) is 0 Å². The Balaban J connectivity index is 2.30. The third kappa shape index (κ3) is 3.76. The van der Waals surface area contributed by atoms with Crippen molar-refractivity contribution < 1.29 is 9.47 Å². The topological polar surface area (TPSA) is 18.5 Å². The Bertz CT molecular complexity index is 565. The van der Waals surface area contributed by atoms with Crippen LogP contribution in [0.2, 0.25) is 0 Å². The molecule has 0 saturated heterocycles. The third-order valence-corrected chi connectivity index (χ3v) is 3.48. The van der Waals surface area contributed by atoms with Crippen molar-refractivity contribution in [3.05, 3.63) is 58.1 Å². The van der Waals surface area contributed by atoms with E-state index in [1.54, 1.807) is 7.11 Å². The molecule has 0 heterocycles. The van der Waals surface area contributed by atoms with Gasteiger partial charge in [0.15, 0.2) is 11.5 Å². The van der Waals surface area contributed by atoms with Crippen molar-refractivity contribution in [2.45, 2.75) is 26.4 Å². The Hall–Kier alpha value is -1.48. The molecular formula is C17H19BrO2. The molecule has 0 amide bonds. The van der Waals surface area contributed by atoms with Crippen LogP contribution in [0.5, 0.6) is 11.5 Å². The van der Waals surface area contributed by atoms with E-state index in [4.69, 9.17) is 9.47 Å². The fourth-order valence-corrected chi connectivity index (χ4v) is 2.64. The van der Waals surface area contributed by atoms with Gasteiger partial charge >= 0.3 is 0 Å². The second kappa shape index (κ2) is 6.80. The first-order valence-electron chi connectivity index (χ1n) is 6.67. The minimum Gasteiger partial charge on any atom is -0.493 e. The van der Waals surface area contributed by atoms with Crippen molar-refractivity contribution in [3.8, 4) is 11.5 Å². The molecule has 0 radical (unpaired) electrons. The van der Waals surface area contributed by atoms with Gasteiger partial charge in [0.1, 0.15) is 0 Å². The molecule has 20 heavy (non-hydrogen) atoms. The Labute approximate surface area is 128 Å². The maximum absolute atomic E-state index is 5.80. The van der Waals surface area contributed by atoms with Crippen molar-refractivity contribution in [2.75, 3.05) is 7.11 Å². The fraction of sp³-hybridized carbons (Fsp3) is 0.294. The van der Waals surface area contributed by atoms with Crippen LogP contribution in [0.25, 0.3) is 0 Å². The van der Waals surface area contributed by atoms with Crippen LogP contribution >= 0.6 is 15.9 Å². The predicted octanol–water partition coefficient (Wildman–Crippen LogP) is 4.84. The van der Waals surface area contributed by atoms with Gasteiger partial charge in [-0.2, -0.15) is 0 Å². The summed E-state index contributed by atoms with van der Waals surface area (Å²) < 4.78 is 12.2. The molecule has 3 heteroatoms. The number of methoxy groups -OCH3 is 1. The highest BCUT2D eigenvalue weighted by Gasteiger charge is 2.13. The molecule has 2 aromatic carbocycles. The first-order chi connectivity index (χ1) is 9.60. The van der Waals surface area contributed by atoms with Crippen LogP contribution < -0.4 is 9.47 Å². The summed E-state index contributed by atoms with van der Waals surface area (Å²) in [5, 5.41) is 0. The lowest BCUT2D eigenvalue weighted by atomic mass is 10.0. The summed E-state index contributed by atoms with van der Waals surface area (Å²) in [5.41, 5.74) is 2.47. The van der Waals surface area contributed by atoms with Gasteiger partial charge in [-0.3, -0.25) is 0 Å². The molecule has 2 aromatic rings. The molecule has 0 saturated carbocycles. The zero-order valence-electron chi connectivity index (χ0n) is 12.0. The average molecular weight is 335 g/mol. The first kappa shape index (κ1) is 14.9. The normalized spacial score (nSPS) is 10.7. The van der Waals surface area contributed by atoms with E-state index in [9.17, 15) is 0 Å². The summed E-state index contributed by atoms with van der Waals surface area (Å²) in [4.78, 5) is 0. The molecule has 0 aliphatic carbocycles. The van der Waals surface area contributed by atoms with Gasteiger partial charge in [-0.1, -0.05) is 30.3 Å². The highest BCUT2D eigenvalue weighted by atomic mass is 79.9. The highest BCUT2D eigenvalue weighted by Crippen LogP contribution is 2.37. The van der Waals surface area contributed by atoms with E-state index in [-0.39, 0.29) is 6.10 Å². The van der Waals surface area contributed by atoms with Gasteiger partial charge in [0.05, 0.1) is 17.7 Å². The van der Waals surface area contributed by atoms with Crippen LogP contribution in [0.15, 0.2) is 46.9 Å². The zero-order chi connectivity index (χ0) is 14.5. The third-order valence-electron chi connectivity index (χ3n) is 2.89. The van der Waals surface area contributed by atoms with Crippen LogP contribution in [0, 0.1) is 0 Å². The smallest absolute Gasteiger partial charge is 0.175 e. The van der Waals surface area contributed by atoms with Crippen molar-refractivity contribution in [3.63, 3.8) is 0 Å². The number of ether oxygens (including phenoxy) is 2. The van der Waals surface area contributed by atoms with Gasteiger partial charge in [0.2, 0.25) is 0 Å². The molecule has 0 aromatic heterocycles. The molecule has 0 aliphatic rings. The summed E-state index contributed by atoms with van der Waals surface area (Å²) in [7, 11) is 1.67. The quantitative estimate of drug-likeness (QED) is 0.779. The van der Waals surface area contributed by atoms with Crippen LogP contribution in [-0.4, -0.2) is 13.2 Å². The summed E-state index contributed by atoms with van der Waals surface area (Å²) in [5.74, 6) is 1.53. The molecule has 0 fully saturated rings. The van der Waals surface area contributed by atoms with Gasteiger partial charge in [0, 0.05) is 0 Å². The van der Waals surface area contributed by atoms with Crippen molar-refractivity contribution >= 4 is 15.9 Å². The summed E-state index contributed by atoms with van der Waals surface area (Å²) >= 11 is 3.58. The lowest BCUT2D eigenvalue weighted by molar-refractivity contribution is 0.228. The number of hydrogen-bond donors (Lipinski definition) is 0. The summed E-state index contributed by atoms with van der Waals surface area (Å²) in [6.45, 7) is 4.01. The SMILES string of the molecule is COc1cc(Cc2ccccc2)cc(Br)c1OC(C)C. The van der Waals surface area contributed by atoms with Gasteiger partial charge in [-0.05, 0) is 59.5 Å². The molecule has 0 unspecified atom stereocenters. The maximum atomic E-state index is 5.80. The van der Waals surface area contributed by atoms with Gasteiger partial charge in [0.25, 0.3) is 0 Å². The zero-order valence-corrected chi connectivity index (χ0v) is 13.6. The van der Waals surface area contributed by atoms with E-state index in [0.717, 1.165) is 22.4 Å². The lowest BCUT2D eigenvalue weighted by Gasteiger charge is -2.16. The largest absolute Gasteiger partial charge is 0.493 e. The van der Waals surface area contributed by atoms with Crippen LogP contribution in [0.1, 0.15) is 25.0 Å². The molecule has 106 valence electrons. The maximum Gasteiger partial charge on any atom is 0.175 e. The van der Waals surface area contributed by atoms with E-state index in [1.165, 1.54) is 11.1 Å². The standard InChI is InChI=1S/C17H19BrO2/c1-12(2)20-17-15(18)10-14(11-16(17)19-3)9-13-7-5-4-6-8-13/h4-8,10-12H,9H2,1-3H3. The van der Waals surface area contributed by atoms with Gasteiger partial charge < -0.3 is 9.47 Å². The Morgan fingerprint density at radius 2 is 1.75 bits per heavy atom. The Morgan fingerprint density at radius 3 is 2.35 bits per heavy atom. The molecular weight excluding hydrogens is 316 g/mol. The molecule has 0 aliphatic heterocycles. The second-order valence-electron chi connectivity index (χ2n) is 4.94. The molecule has 0 spiro atoms. The monoisotopic (exact) mass is 334 g/mol. The van der Waals surface area contributed by atoms with E-state index in [1.807, 2.05) is 26.0 Å². The predicted molar refractivity (Wildman–Crippen MR) is 85.7 cm³/mol. The number of halogens is 1. The molecule has 0 N–H and O–H groups in total. The molecule has 0 bridgehead atoms. The van der Waals surface area contributed by atoms with E-state index in [0.29, 0.717) is 0 Å². The van der Waals surface area contributed by atoms with E-state index in [2.05, 4.69) is 46.3 Å². The molecule has 2 nitrogen and oxygen atoms in total. The van der Waals surface area contributed by atoms with E-state index >= 15 is 0 Å². The average Bonchev–Trinajstić information content (AvgIpc) is 2.42. The van der Waals surface area contributed by atoms with Crippen molar-refractivity contribution in [2.24, 2.45) is 0 Å². The van der Waals surface area contributed by atoms with Crippen LogP contribution in [0.3, 0.4) is 0 Å². The number of hydrogen-bond acceptors (Lipinski definition) is 2. The second-order valence-corrected chi connectivity index (χ2v) is 5.79. The number of rotatable bonds is 5. The fourth-order valence-electron chi connectivity index (χ4n) is 2.06. The first-order valence-corrected chi connectivity index (χ1v) is 7.46. The van der Waals surface area contributed by atoms with Crippen molar-refractivity contribution in [1.29, 1.82) is 0 Å². The highest BCUT2D eigenvalue weighted by molar-refractivity contribution is 9.10. The minimum absolute atomic E-state index is 0.111. The molecule has 0 atom stereocenters. The lowest BCUT2D eigenvalue weighted by Crippen LogP contribution is -2.07. The van der Waals surface area contributed by atoms with E-state index < -0.39 is 0 Å².